The second-order valence-electron chi connectivity index (χ2n) is 9.87. The fraction of sp³-hybridized carbons (Fsp3) is 0.276. The van der Waals surface area contributed by atoms with Crippen molar-refractivity contribution < 1.29 is 36.0 Å². The highest BCUT2D eigenvalue weighted by atomic mass is 19.4. The van der Waals surface area contributed by atoms with Gasteiger partial charge in [0.1, 0.15) is 17.3 Å². The molecular formula is C29H25F5N4O3. The lowest BCUT2D eigenvalue weighted by Crippen LogP contribution is -2.42. The maximum absolute atomic E-state index is 14.0. The molecule has 0 aliphatic carbocycles. The number of hydrogen-bond acceptors (Lipinski definition) is 5. The molecule has 1 amide bonds. The number of halogens is 5. The van der Waals surface area contributed by atoms with Crippen molar-refractivity contribution in [2.24, 2.45) is 0 Å². The van der Waals surface area contributed by atoms with Crippen LogP contribution in [0.3, 0.4) is 0 Å². The van der Waals surface area contributed by atoms with Crippen LogP contribution in [0.2, 0.25) is 0 Å². The van der Waals surface area contributed by atoms with Crippen LogP contribution in [-0.4, -0.2) is 45.6 Å². The molecule has 0 atom stereocenters. The van der Waals surface area contributed by atoms with Crippen molar-refractivity contribution in [2.45, 2.75) is 37.8 Å². The number of H-pyrrole nitrogens is 1. The Hall–Kier alpha value is -4.48. The van der Waals surface area contributed by atoms with Gasteiger partial charge in [-0.15, -0.1) is 0 Å². The van der Waals surface area contributed by atoms with E-state index in [0.717, 1.165) is 6.07 Å². The van der Waals surface area contributed by atoms with Crippen molar-refractivity contribution in [3.8, 4) is 11.3 Å². The number of ketones is 1. The summed E-state index contributed by atoms with van der Waals surface area (Å²) in [5, 5.41) is 0.214. The highest BCUT2D eigenvalue weighted by Gasteiger charge is 2.38. The lowest BCUT2D eigenvalue weighted by atomic mass is 9.99. The van der Waals surface area contributed by atoms with E-state index in [4.69, 9.17) is 10.2 Å². The van der Waals surface area contributed by atoms with Crippen molar-refractivity contribution >= 4 is 34.5 Å². The van der Waals surface area contributed by atoms with Gasteiger partial charge in [0.15, 0.2) is 5.78 Å². The number of piperidine rings is 1. The molecule has 41 heavy (non-hydrogen) atoms. The first kappa shape index (κ1) is 28.1. The second-order valence-corrected chi connectivity index (χ2v) is 9.87. The highest BCUT2D eigenvalue weighted by molar-refractivity contribution is 6.08. The molecule has 5 rings (SSSR count). The number of fused-ring (bicyclic) bond motifs is 1. The van der Waals surface area contributed by atoms with E-state index in [0.29, 0.717) is 17.1 Å². The minimum Gasteiger partial charge on any atom is -0.461 e. The number of nitrogens with two attached hydrogens (primary N) is 1. The molecule has 0 unspecified atom stereocenters. The van der Waals surface area contributed by atoms with Gasteiger partial charge in [0.05, 0.1) is 11.1 Å². The first-order valence-corrected chi connectivity index (χ1v) is 12.8. The normalized spacial score (nSPS) is 15.6. The van der Waals surface area contributed by atoms with E-state index in [1.165, 1.54) is 41.6 Å². The van der Waals surface area contributed by atoms with Gasteiger partial charge in [-0.25, -0.2) is 13.8 Å². The summed E-state index contributed by atoms with van der Waals surface area (Å²) >= 11 is 0. The molecule has 4 heterocycles. The standard InChI is InChI=1S/C29H25F5N4O3/c30-28(31)9-11-38(12-10-28)27(40)22-16-36-24-14-23(29(32,33)34)21(13-20(22)24)25-7-6-19(41-25)5-4-18(39)3-1-17-2-8-26(35)37-15-17/h1-3,6-8,13-16,36H,4-5,9-12H2,(H2,35,37)/b3-1+. The Morgan fingerprint density at radius 2 is 1.88 bits per heavy atom. The number of nitrogen functional groups attached to an aromatic ring is 1. The van der Waals surface area contributed by atoms with E-state index in [9.17, 15) is 31.5 Å². The molecule has 1 aromatic carbocycles. The van der Waals surface area contributed by atoms with Gasteiger partial charge in [0, 0.05) is 67.6 Å². The van der Waals surface area contributed by atoms with Gasteiger partial charge < -0.3 is 20.0 Å². The van der Waals surface area contributed by atoms with E-state index in [2.05, 4.69) is 9.97 Å². The number of carbonyl (C=O) groups is 2. The van der Waals surface area contributed by atoms with E-state index >= 15 is 0 Å². The van der Waals surface area contributed by atoms with Crippen molar-refractivity contribution in [3.05, 3.63) is 77.3 Å². The van der Waals surface area contributed by atoms with Crippen molar-refractivity contribution in [3.63, 3.8) is 0 Å². The molecule has 12 heteroatoms. The molecule has 1 fully saturated rings. The molecule has 1 aliphatic heterocycles. The van der Waals surface area contributed by atoms with Gasteiger partial charge >= 0.3 is 6.18 Å². The van der Waals surface area contributed by atoms with Crippen LogP contribution in [0.5, 0.6) is 0 Å². The molecule has 1 saturated heterocycles. The van der Waals surface area contributed by atoms with Crippen molar-refractivity contribution in [1.29, 1.82) is 0 Å². The van der Waals surface area contributed by atoms with Crippen LogP contribution in [0.4, 0.5) is 27.8 Å². The molecule has 0 spiro atoms. The predicted octanol–water partition coefficient (Wildman–Crippen LogP) is 6.51. The average molecular weight is 573 g/mol. The first-order chi connectivity index (χ1) is 19.4. The van der Waals surface area contributed by atoms with Gasteiger partial charge in [-0.1, -0.05) is 0 Å². The highest BCUT2D eigenvalue weighted by Crippen LogP contribution is 2.41. The quantitative estimate of drug-likeness (QED) is 0.194. The summed E-state index contributed by atoms with van der Waals surface area (Å²) in [5.74, 6) is -3.03. The minimum absolute atomic E-state index is 0.0579. The van der Waals surface area contributed by atoms with Gasteiger partial charge in [-0.05, 0) is 54.1 Å². The molecule has 0 bridgehead atoms. The number of alkyl halides is 5. The Morgan fingerprint density at radius 3 is 2.56 bits per heavy atom. The number of aromatic amines is 1. The zero-order chi connectivity index (χ0) is 29.4. The van der Waals surface area contributed by atoms with Gasteiger partial charge in [-0.3, -0.25) is 9.59 Å². The Kier molecular flexibility index (Phi) is 7.41. The lowest BCUT2D eigenvalue weighted by Gasteiger charge is -2.31. The smallest absolute Gasteiger partial charge is 0.417 e. The molecule has 1 aliphatic rings. The molecular weight excluding hydrogens is 547 g/mol. The second kappa shape index (κ2) is 10.8. The van der Waals surface area contributed by atoms with Crippen LogP contribution < -0.4 is 5.73 Å². The topological polar surface area (TPSA) is 105 Å². The van der Waals surface area contributed by atoms with Crippen LogP contribution in [0.25, 0.3) is 28.3 Å². The van der Waals surface area contributed by atoms with Crippen molar-refractivity contribution in [1.82, 2.24) is 14.9 Å². The number of pyridine rings is 1. The third-order valence-electron chi connectivity index (χ3n) is 6.95. The van der Waals surface area contributed by atoms with E-state index in [1.54, 1.807) is 18.2 Å². The summed E-state index contributed by atoms with van der Waals surface area (Å²) < 4.78 is 74.9. The summed E-state index contributed by atoms with van der Waals surface area (Å²) in [5.41, 5.74) is 5.13. The first-order valence-electron chi connectivity index (χ1n) is 12.8. The fourth-order valence-electron chi connectivity index (χ4n) is 4.68. The van der Waals surface area contributed by atoms with Crippen LogP contribution in [0, 0.1) is 0 Å². The molecule has 3 aromatic heterocycles. The molecule has 0 saturated carbocycles. The summed E-state index contributed by atoms with van der Waals surface area (Å²) in [7, 11) is 0. The fourth-order valence-corrected chi connectivity index (χ4v) is 4.68. The number of nitrogens with zero attached hydrogens (tertiary/aromatic N) is 2. The maximum atomic E-state index is 14.0. The zero-order valence-electron chi connectivity index (χ0n) is 21.6. The zero-order valence-corrected chi connectivity index (χ0v) is 21.6. The summed E-state index contributed by atoms with van der Waals surface area (Å²) in [6.07, 6.45) is 0.287. The monoisotopic (exact) mass is 572 g/mol. The number of benzene rings is 1. The molecule has 3 N–H and O–H groups in total. The summed E-state index contributed by atoms with van der Waals surface area (Å²) in [6.45, 7) is -0.309. The van der Waals surface area contributed by atoms with E-state index in [1.807, 2.05) is 0 Å². The largest absolute Gasteiger partial charge is 0.461 e. The van der Waals surface area contributed by atoms with Crippen LogP contribution in [-0.2, 0) is 17.4 Å². The number of hydrogen-bond donors (Lipinski definition) is 2. The molecule has 214 valence electrons. The number of anilines is 1. The summed E-state index contributed by atoms with van der Waals surface area (Å²) in [4.78, 5) is 33.3. The van der Waals surface area contributed by atoms with Crippen LogP contribution in [0.1, 0.15) is 46.5 Å². The molecule has 7 nitrogen and oxygen atoms in total. The SMILES string of the molecule is Nc1ccc(/C=C/C(=O)CCc2ccc(-c3cc4c(C(=O)N5CCC(F)(F)CC5)c[nH]c4cc3C(F)(F)F)o2)cn1. The minimum atomic E-state index is -4.73. The van der Waals surface area contributed by atoms with Crippen LogP contribution >= 0.6 is 0 Å². The third kappa shape index (κ3) is 6.31. The lowest BCUT2D eigenvalue weighted by molar-refractivity contribution is -0.137. The Balaban J connectivity index is 1.37. The van der Waals surface area contributed by atoms with Gasteiger partial charge in [-0.2, -0.15) is 13.2 Å². The Labute approximate surface area is 230 Å². The maximum Gasteiger partial charge on any atom is 0.417 e. The number of allylic oxidation sites excluding steroid dienone is 1. The predicted molar refractivity (Wildman–Crippen MR) is 142 cm³/mol. The number of carbonyl (C=O) groups excluding carboxylic acids is 2. The number of amides is 1. The number of aryl methyl sites for hydroxylation is 1. The van der Waals surface area contributed by atoms with E-state index < -0.39 is 36.4 Å². The summed E-state index contributed by atoms with van der Waals surface area (Å²) in [6, 6.07) is 8.30. The molecule has 4 aromatic rings. The number of furan rings is 1. The number of aromatic nitrogens is 2. The third-order valence-corrected chi connectivity index (χ3v) is 6.95. The Morgan fingerprint density at radius 1 is 1.12 bits per heavy atom. The number of nitrogens with one attached hydrogen (secondary N) is 1. The van der Waals surface area contributed by atoms with Gasteiger partial charge in [0.25, 0.3) is 11.8 Å². The molecule has 0 radical (unpaired) electrons. The number of rotatable bonds is 7. The van der Waals surface area contributed by atoms with Crippen molar-refractivity contribution in [2.75, 3.05) is 18.8 Å². The van der Waals surface area contributed by atoms with Gasteiger partial charge in [0.2, 0.25) is 0 Å². The van der Waals surface area contributed by atoms with Crippen LogP contribution in [0.15, 0.2) is 59.3 Å². The van der Waals surface area contributed by atoms with E-state index in [-0.39, 0.29) is 59.5 Å². The average Bonchev–Trinajstić information content (AvgIpc) is 3.57. The Bertz CT molecular complexity index is 1610. The number of likely N-dealkylation sites (tertiary alicyclic amines) is 1.